The topological polar surface area (TPSA) is 11.4 Å². The highest BCUT2D eigenvalue weighted by Crippen LogP contribution is 2.57. The Morgan fingerprint density at radius 2 is 0.569 bits per heavy atom. The molecule has 0 spiro atoms. The van der Waals surface area contributed by atoms with Gasteiger partial charge >= 0.3 is 0 Å². The maximum atomic E-state index is 10.6. The number of aromatic nitrogens is 1. The van der Waals surface area contributed by atoms with Gasteiger partial charge in [0.05, 0.1) is 33.6 Å². The summed E-state index contributed by atoms with van der Waals surface area (Å²) in [6.45, 7) is 34.3. The van der Waals surface area contributed by atoms with Gasteiger partial charge in [-0.15, -0.1) is 45.3 Å². The minimum Gasteiger partial charge on any atom is -0.310 e. The Morgan fingerprint density at radius 1 is 0.238 bits per heavy atom. The Bertz CT molecular complexity index is 8060. The van der Waals surface area contributed by atoms with Gasteiger partial charge in [-0.25, -0.2) is 0 Å². The highest BCUT2D eigenvalue weighted by Gasteiger charge is 2.47. The van der Waals surface area contributed by atoms with Gasteiger partial charge in [0, 0.05) is 136 Å². The molecule has 0 N–H and O–H groups in total. The first-order valence-corrected chi connectivity index (χ1v) is 48.9. The molecule has 2 aliphatic rings. The second kappa shape index (κ2) is 29.3. The number of hydrogen-bond donors (Lipinski definition) is 0. The molecule has 8 heteroatoms. The van der Waals surface area contributed by atoms with E-state index in [1.54, 1.807) is 0 Å². The number of thiophene rings is 4. The lowest BCUT2D eigenvalue weighted by Crippen LogP contribution is -2.61. The van der Waals surface area contributed by atoms with E-state index in [9.17, 15) is 5.48 Å². The van der Waals surface area contributed by atoms with Gasteiger partial charge in [-0.3, -0.25) is 0 Å². The molecule has 7 heterocycles. The second-order valence-electron chi connectivity index (χ2n) is 41.3. The van der Waals surface area contributed by atoms with Crippen LogP contribution >= 0.6 is 45.3 Å². The maximum Gasteiger partial charge on any atom is 0.252 e. The van der Waals surface area contributed by atoms with Crippen LogP contribution in [-0.2, 0) is 27.1 Å². The molecule has 0 unspecified atom stereocenters. The van der Waals surface area contributed by atoms with Crippen LogP contribution < -0.4 is 26.2 Å². The smallest absolute Gasteiger partial charge is 0.252 e. The number of anilines is 6. The molecule has 130 heavy (non-hydrogen) atoms. The van der Waals surface area contributed by atoms with Crippen LogP contribution in [0.4, 0.5) is 34.1 Å². The van der Waals surface area contributed by atoms with Crippen LogP contribution in [0.1, 0.15) is 137 Å². The van der Waals surface area contributed by atoms with E-state index in [1.807, 2.05) is 45.3 Å². The fraction of sp³-hybridized carbons (Fsp3) is 0.164. The SMILES string of the molecule is [2H]c1c([2H])c([2H])c2c(c1[2H])c1cc(C(C)(C)C)ccc1n2-c1cc2c3c(c1)N(c1c(-c4ccc5c(c4)sc4ccccc45)cccc1-c1ccc4c(c1)sc1ccccc14)c1ccc(-c4cc(C(C)(C)C)cc(C(C)(C)C)c4)cc1B3c1cc(-c3cc(C(C)(C)C)cc(C(C)(C)C)c3)ccc1N2c1c(-c2ccc3c(c2)sc2ccccc23)cccc1-c1ccc2c(c1)sc1ccccc12. The zero-order chi connectivity index (χ0) is 92.1. The number of fused-ring (bicyclic) bond motifs is 19. The van der Waals surface area contributed by atoms with E-state index in [0.717, 1.165) is 139 Å². The van der Waals surface area contributed by atoms with E-state index in [4.69, 9.17) is 0 Å². The van der Waals surface area contributed by atoms with E-state index < -0.39 is 6.71 Å². The third kappa shape index (κ3) is 13.0. The molecule has 5 aromatic heterocycles. The average Bonchev–Trinajstić information content (AvgIpc) is 0.822. The van der Waals surface area contributed by atoms with Gasteiger partial charge in [0.2, 0.25) is 0 Å². The Labute approximate surface area is 783 Å². The van der Waals surface area contributed by atoms with E-state index in [2.05, 4.69) is 428 Å². The molecule has 0 fully saturated rings. The van der Waals surface area contributed by atoms with Crippen molar-refractivity contribution in [3.05, 3.63) is 361 Å². The van der Waals surface area contributed by atoms with Crippen molar-refractivity contribution in [2.75, 3.05) is 9.80 Å². The molecule has 24 rings (SSSR count). The van der Waals surface area contributed by atoms with Crippen LogP contribution in [-0.4, -0.2) is 11.3 Å². The molecule has 22 aromatic rings. The van der Waals surface area contributed by atoms with Crippen molar-refractivity contribution >= 4 is 205 Å². The van der Waals surface area contributed by atoms with E-state index in [0.29, 0.717) is 10.9 Å². The summed E-state index contributed by atoms with van der Waals surface area (Å²) >= 11 is 7.36. The molecule has 17 aromatic carbocycles. The van der Waals surface area contributed by atoms with Crippen molar-refractivity contribution < 1.29 is 5.48 Å². The zero-order valence-corrected chi connectivity index (χ0v) is 79.3. The fourth-order valence-corrected chi connectivity index (χ4v) is 25.4. The standard InChI is InChI=1S/C122H100BN3S4/c1-118(2,3)79-48-55-102-98(68-79)89-28-16-21-37-101(89)124(102)84-69-105-115-106(70-84)126(117-87(75-44-51-96-92-31-19-24-40-109(92)129-113(96)64-75)35-27-36-88(117)76-45-52-97-93-32-20-25-41-110(93)130-114(97)65-76)104-54-47-72(78-58-82(121(10,11)12)67-83(59-78)122(13,14)15)61-100(104)123(115)99-60-71(77-56-80(119(4,5)6)66-81(57-77)120(7,8)9)46-53-103(99)125(105)116-85(73-42-49-94-90-29-17-22-38-107(90)127-111(94)62-73)33-26-34-86(116)74-43-50-95-91-30-18-23-39-108(91)128-112(95)63-74/h16-70H,1-15H3/i16D,21D,28D,37D. The summed E-state index contributed by atoms with van der Waals surface area (Å²) in [5.74, 6) is 0. The normalized spacial score (nSPS) is 13.7. The third-order valence-electron chi connectivity index (χ3n) is 27.8. The first kappa shape index (κ1) is 76.0. The number of rotatable bonds is 9. The maximum absolute atomic E-state index is 10.6. The molecular formula is C122H100BN3S4. The van der Waals surface area contributed by atoms with Crippen LogP contribution in [0.25, 0.3) is 175 Å². The Hall–Kier alpha value is -12.9. The summed E-state index contributed by atoms with van der Waals surface area (Å²) in [6, 6.07) is 118. The van der Waals surface area contributed by atoms with Crippen molar-refractivity contribution in [1.82, 2.24) is 4.57 Å². The van der Waals surface area contributed by atoms with Gasteiger partial charge in [0.25, 0.3) is 6.71 Å². The number of para-hydroxylation sites is 3. The molecule has 0 radical (unpaired) electrons. The van der Waals surface area contributed by atoms with Gasteiger partial charge < -0.3 is 14.4 Å². The van der Waals surface area contributed by atoms with E-state index in [1.165, 1.54) is 103 Å². The van der Waals surface area contributed by atoms with Crippen LogP contribution in [0.5, 0.6) is 0 Å². The van der Waals surface area contributed by atoms with Crippen LogP contribution in [0.3, 0.4) is 0 Å². The minimum absolute atomic E-state index is 0.0761. The Morgan fingerprint density at radius 3 is 0.923 bits per heavy atom. The lowest BCUT2D eigenvalue weighted by atomic mass is 9.33. The first-order chi connectivity index (χ1) is 64.2. The molecule has 0 saturated heterocycles. The lowest BCUT2D eigenvalue weighted by Gasteiger charge is -2.46. The van der Waals surface area contributed by atoms with Crippen LogP contribution in [0.15, 0.2) is 334 Å². The highest BCUT2D eigenvalue weighted by molar-refractivity contribution is 7.27. The predicted molar refractivity (Wildman–Crippen MR) is 572 cm³/mol. The molecule has 630 valence electrons. The monoisotopic (exact) mass is 1750 g/mol. The largest absolute Gasteiger partial charge is 0.310 e. The van der Waals surface area contributed by atoms with Gasteiger partial charge in [0.15, 0.2) is 0 Å². The molecule has 0 atom stereocenters. The molecule has 0 bridgehead atoms. The summed E-state index contributed by atoms with van der Waals surface area (Å²) in [4.78, 5) is 5.32. The highest BCUT2D eigenvalue weighted by atomic mass is 32.1. The summed E-state index contributed by atoms with van der Waals surface area (Å²) in [7, 11) is 0. The molecule has 0 saturated carbocycles. The van der Waals surface area contributed by atoms with E-state index in [-0.39, 0.29) is 51.2 Å². The summed E-state index contributed by atoms with van der Waals surface area (Å²) < 4.78 is 52.4. The third-order valence-corrected chi connectivity index (χ3v) is 32.4. The molecular weight excluding hydrogens is 1650 g/mol. The number of nitrogens with zero attached hydrogens (tertiary/aromatic N) is 3. The molecule has 2 aliphatic heterocycles. The number of hydrogen-bond acceptors (Lipinski definition) is 6. The first-order valence-electron chi connectivity index (χ1n) is 47.6. The van der Waals surface area contributed by atoms with Crippen LogP contribution in [0, 0.1) is 0 Å². The minimum atomic E-state index is -0.488. The predicted octanol–water partition coefficient (Wildman–Crippen LogP) is 34.8. The Kier molecular flexibility index (Phi) is 17.1. The van der Waals surface area contributed by atoms with Crippen molar-refractivity contribution in [1.29, 1.82) is 0 Å². The van der Waals surface area contributed by atoms with Gasteiger partial charge in [-0.2, -0.15) is 0 Å². The van der Waals surface area contributed by atoms with Crippen LogP contribution in [0.2, 0.25) is 0 Å². The quantitative estimate of drug-likeness (QED) is 0.133. The van der Waals surface area contributed by atoms with Gasteiger partial charge in [0.1, 0.15) is 0 Å². The van der Waals surface area contributed by atoms with Crippen molar-refractivity contribution in [2.24, 2.45) is 0 Å². The average molecular weight is 1750 g/mol. The number of benzene rings is 17. The van der Waals surface area contributed by atoms with Gasteiger partial charge in [-0.1, -0.05) is 346 Å². The molecule has 0 amide bonds. The van der Waals surface area contributed by atoms with Crippen molar-refractivity contribution in [2.45, 2.75) is 131 Å². The Balaban J connectivity index is 0.908. The van der Waals surface area contributed by atoms with Gasteiger partial charge in [-0.05, 0) is 207 Å². The van der Waals surface area contributed by atoms with Crippen molar-refractivity contribution in [3.63, 3.8) is 0 Å². The summed E-state index contributed by atoms with van der Waals surface area (Å²) in [5.41, 5.74) is 29.2. The summed E-state index contributed by atoms with van der Waals surface area (Å²) in [6.07, 6.45) is 0. The summed E-state index contributed by atoms with van der Waals surface area (Å²) in [5, 5.41) is 11.1. The van der Waals surface area contributed by atoms with E-state index >= 15 is 0 Å². The fourth-order valence-electron chi connectivity index (χ4n) is 20.8. The van der Waals surface area contributed by atoms with Crippen molar-refractivity contribution in [3.8, 4) is 72.4 Å². The lowest BCUT2D eigenvalue weighted by molar-refractivity contribution is 0.568. The second-order valence-corrected chi connectivity index (χ2v) is 45.7. The molecule has 3 nitrogen and oxygen atoms in total. The zero-order valence-electron chi connectivity index (χ0n) is 80.0. The molecule has 0 aliphatic carbocycles.